The maximum Gasteiger partial charge on any atom is 0.261 e. The molecule has 0 unspecified atom stereocenters. The highest BCUT2D eigenvalue weighted by Crippen LogP contribution is 2.21. The molecule has 0 spiro atoms. The van der Waals surface area contributed by atoms with Crippen LogP contribution in [0.3, 0.4) is 0 Å². The molecule has 2 aromatic carbocycles. The molecule has 0 radical (unpaired) electrons. The molecule has 0 atom stereocenters. The normalized spacial score (nSPS) is 11.1. The van der Waals surface area contributed by atoms with Crippen molar-refractivity contribution in [2.75, 3.05) is 11.3 Å². The van der Waals surface area contributed by atoms with Gasteiger partial charge in [-0.25, -0.2) is 8.42 Å². The number of nitrogens with one attached hydrogen (secondary N) is 3. The molecule has 7 nitrogen and oxygen atoms in total. The standard InChI is InChI=1S/C18H20ClN3O4S/c1-12(2)21-17(23)11-20-18(24)15-5-3-4-6-16(15)22-27(25,26)14-9-7-13(19)8-10-14/h3-10,12,22H,11H2,1-2H3,(H,20,24)(H,21,23). The van der Waals surface area contributed by atoms with Crippen LogP contribution in [-0.2, 0) is 14.8 Å². The first-order chi connectivity index (χ1) is 12.7. The lowest BCUT2D eigenvalue weighted by molar-refractivity contribution is -0.120. The topological polar surface area (TPSA) is 104 Å². The third-order valence-corrected chi connectivity index (χ3v) is 5.03. The summed E-state index contributed by atoms with van der Waals surface area (Å²) in [6, 6.07) is 11.7. The Balaban J connectivity index is 2.16. The average molecular weight is 410 g/mol. The number of halogens is 1. The number of para-hydroxylation sites is 1. The Labute approximate surface area is 163 Å². The van der Waals surface area contributed by atoms with Gasteiger partial charge >= 0.3 is 0 Å². The van der Waals surface area contributed by atoms with Crippen molar-refractivity contribution < 1.29 is 18.0 Å². The van der Waals surface area contributed by atoms with Crippen molar-refractivity contribution in [2.24, 2.45) is 0 Å². The first kappa shape index (κ1) is 20.7. The molecule has 3 N–H and O–H groups in total. The highest BCUT2D eigenvalue weighted by Gasteiger charge is 2.19. The van der Waals surface area contributed by atoms with Crippen LogP contribution in [0.4, 0.5) is 5.69 Å². The summed E-state index contributed by atoms with van der Waals surface area (Å²) in [5.41, 5.74) is 0.210. The summed E-state index contributed by atoms with van der Waals surface area (Å²) in [4.78, 5) is 24.1. The molecule has 2 amide bonds. The van der Waals surface area contributed by atoms with Gasteiger partial charge in [0.1, 0.15) is 0 Å². The Bertz CT molecular complexity index is 928. The Morgan fingerprint density at radius 1 is 1.04 bits per heavy atom. The minimum absolute atomic E-state index is 0.0124. The number of amides is 2. The second kappa shape index (κ2) is 8.88. The fraction of sp³-hybridized carbons (Fsp3) is 0.222. The number of hydrogen-bond acceptors (Lipinski definition) is 4. The van der Waals surface area contributed by atoms with E-state index in [2.05, 4.69) is 15.4 Å². The van der Waals surface area contributed by atoms with E-state index in [1.54, 1.807) is 26.0 Å². The molecule has 9 heteroatoms. The van der Waals surface area contributed by atoms with Crippen LogP contribution in [-0.4, -0.2) is 32.8 Å². The van der Waals surface area contributed by atoms with Crippen molar-refractivity contribution >= 4 is 39.1 Å². The van der Waals surface area contributed by atoms with Gasteiger partial charge in [0.15, 0.2) is 0 Å². The summed E-state index contributed by atoms with van der Waals surface area (Å²) in [6.07, 6.45) is 0. The van der Waals surface area contributed by atoms with E-state index in [4.69, 9.17) is 11.6 Å². The van der Waals surface area contributed by atoms with E-state index in [9.17, 15) is 18.0 Å². The van der Waals surface area contributed by atoms with E-state index >= 15 is 0 Å². The van der Waals surface area contributed by atoms with Gasteiger partial charge in [-0.3, -0.25) is 14.3 Å². The van der Waals surface area contributed by atoms with Gasteiger partial charge in [0.2, 0.25) is 5.91 Å². The molecule has 0 bridgehead atoms. The van der Waals surface area contributed by atoms with Crippen molar-refractivity contribution in [2.45, 2.75) is 24.8 Å². The average Bonchev–Trinajstić information content (AvgIpc) is 2.59. The highest BCUT2D eigenvalue weighted by atomic mass is 35.5. The van der Waals surface area contributed by atoms with E-state index < -0.39 is 15.9 Å². The van der Waals surface area contributed by atoms with Crippen molar-refractivity contribution in [3.8, 4) is 0 Å². The Morgan fingerprint density at radius 2 is 1.67 bits per heavy atom. The van der Waals surface area contributed by atoms with E-state index in [0.29, 0.717) is 5.02 Å². The number of carbonyl (C=O) groups excluding carboxylic acids is 2. The molecule has 0 aromatic heterocycles. The van der Waals surface area contributed by atoms with E-state index in [1.165, 1.54) is 36.4 Å². The zero-order chi connectivity index (χ0) is 20.0. The second-order valence-electron chi connectivity index (χ2n) is 6.01. The summed E-state index contributed by atoms with van der Waals surface area (Å²) < 4.78 is 27.4. The number of hydrogen-bond donors (Lipinski definition) is 3. The highest BCUT2D eigenvalue weighted by molar-refractivity contribution is 7.92. The lowest BCUT2D eigenvalue weighted by Crippen LogP contribution is -2.40. The maximum absolute atomic E-state index is 12.5. The van der Waals surface area contributed by atoms with Gasteiger partial charge in [0.25, 0.3) is 15.9 Å². The molecular weight excluding hydrogens is 390 g/mol. The first-order valence-electron chi connectivity index (χ1n) is 8.14. The Hall–Kier alpha value is -2.58. The van der Waals surface area contributed by atoms with Crippen LogP contribution < -0.4 is 15.4 Å². The summed E-state index contributed by atoms with van der Waals surface area (Å²) in [7, 11) is -3.90. The smallest absolute Gasteiger partial charge is 0.261 e. The van der Waals surface area contributed by atoms with E-state index in [1.807, 2.05) is 0 Å². The molecule has 0 heterocycles. The van der Waals surface area contributed by atoms with E-state index in [0.717, 1.165) is 0 Å². The molecule has 144 valence electrons. The molecule has 0 aliphatic carbocycles. The van der Waals surface area contributed by atoms with Crippen LogP contribution in [0.15, 0.2) is 53.4 Å². The lowest BCUT2D eigenvalue weighted by atomic mass is 10.1. The fourth-order valence-electron chi connectivity index (χ4n) is 2.22. The minimum atomic E-state index is -3.90. The molecule has 0 saturated heterocycles. The Morgan fingerprint density at radius 3 is 2.30 bits per heavy atom. The van der Waals surface area contributed by atoms with Gasteiger partial charge in [-0.05, 0) is 50.2 Å². The van der Waals surface area contributed by atoms with Gasteiger partial charge in [-0.2, -0.15) is 0 Å². The monoisotopic (exact) mass is 409 g/mol. The van der Waals surface area contributed by atoms with E-state index in [-0.39, 0.29) is 34.6 Å². The third kappa shape index (κ3) is 5.97. The zero-order valence-electron chi connectivity index (χ0n) is 14.8. The molecule has 0 aliphatic heterocycles. The van der Waals surface area contributed by atoms with Gasteiger partial charge in [-0.15, -0.1) is 0 Å². The van der Waals surface area contributed by atoms with Crippen LogP contribution in [0.1, 0.15) is 24.2 Å². The largest absolute Gasteiger partial charge is 0.352 e. The molecular formula is C18H20ClN3O4S. The maximum atomic E-state index is 12.5. The minimum Gasteiger partial charge on any atom is -0.352 e. The van der Waals surface area contributed by atoms with Crippen LogP contribution in [0.25, 0.3) is 0 Å². The van der Waals surface area contributed by atoms with Gasteiger partial charge in [0, 0.05) is 11.1 Å². The summed E-state index contributed by atoms with van der Waals surface area (Å²) in [6.45, 7) is 3.40. The van der Waals surface area contributed by atoms with Crippen LogP contribution in [0, 0.1) is 0 Å². The third-order valence-electron chi connectivity index (χ3n) is 3.40. The number of benzene rings is 2. The SMILES string of the molecule is CC(C)NC(=O)CNC(=O)c1ccccc1NS(=O)(=O)c1ccc(Cl)cc1. The quantitative estimate of drug-likeness (QED) is 0.653. The van der Waals surface area contributed by atoms with Gasteiger partial charge in [0.05, 0.1) is 22.7 Å². The zero-order valence-corrected chi connectivity index (χ0v) is 16.4. The van der Waals surface area contributed by atoms with Gasteiger partial charge < -0.3 is 10.6 Å². The summed E-state index contributed by atoms with van der Waals surface area (Å²) >= 11 is 5.78. The Kier molecular flexibility index (Phi) is 6.81. The molecule has 2 rings (SSSR count). The lowest BCUT2D eigenvalue weighted by Gasteiger charge is -2.13. The number of sulfonamides is 1. The van der Waals surface area contributed by atoms with Gasteiger partial charge in [-0.1, -0.05) is 23.7 Å². The van der Waals surface area contributed by atoms with Crippen molar-refractivity contribution in [1.82, 2.24) is 10.6 Å². The predicted octanol–water partition coefficient (Wildman–Crippen LogP) is 2.40. The first-order valence-corrected chi connectivity index (χ1v) is 10.00. The summed E-state index contributed by atoms with van der Waals surface area (Å²) in [5.74, 6) is -0.902. The van der Waals surface area contributed by atoms with Crippen LogP contribution >= 0.6 is 11.6 Å². The van der Waals surface area contributed by atoms with Crippen LogP contribution in [0.2, 0.25) is 5.02 Å². The van der Waals surface area contributed by atoms with Crippen molar-refractivity contribution in [3.63, 3.8) is 0 Å². The molecule has 2 aromatic rings. The number of anilines is 1. The number of rotatable bonds is 7. The molecule has 27 heavy (non-hydrogen) atoms. The van der Waals surface area contributed by atoms with Crippen molar-refractivity contribution in [3.05, 3.63) is 59.1 Å². The predicted molar refractivity (Wildman–Crippen MR) is 104 cm³/mol. The molecule has 0 aliphatic rings. The number of carbonyl (C=O) groups is 2. The van der Waals surface area contributed by atoms with Crippen molar-refractivity contribution in [1.29, 1.82) is 0 Å². The molecule has 0 fully saturated rings. The second-order valence-corrected chi connectivity index (χ2v) is 8.13. The van der Waals surface area contributed by atoms with Crippen LogP contribution in [0.5, 0.6) is 0 Å². The fourth-order valence-corrected chi connectivity index (χ4v) is 3.42. The summed E-state index contributed by atoms with van der Waals surface area (Å²) in [5, 5.41) is 5.54. The molecule has 0 saturated carbocycles.